The summed E-state index contributed by atoms with van der Waals surface area (Å²) in [6, 6.07) is 4.02. The average molecular weight is 224 g/mol. The fraction of sp³-hybridized carbons (Fsp3) is 0. The van der Waals surface area contributed by atoms with Crippen LogP contribution in [0.1, 0.15) is 0 Å². The molecule has 0 bridgehead atoms. The largest absolute Gasteiger partial charge is 1.00 e. The van der Waals surface area contributed by atoms with Crippen LogP contribution < -0.4 is 56.8 Å². The molecule has 1 heterocycles. The number of H-pyrrole nitrogens is 1. The Bertz CT molecular complexity index is 440. The predicted octanol–water partition coefficient (Wildman–Crippen LogP) is -1.38. The maximum absolute atomic E-state index is 12.4. The van der Waals surface area contributed by atoms with E-state index in [0.29, 0.717) is 5.39 Å². The molecule has 0 saturated carbocycles. The van der Waals surface area contributed by atoms with E-state index in [1.54, 1.807) is 6.07 Å². The van der Waals surface area contributed by atoms with E-state index in [1.165, 1.54) is 12.3 Å². The van der Waals surface area contributed by atoms with Crippen LogP contribution in [0.3, 0.4) is 0 Å². The van der Waals surface area contributed by atoms with Crippen LogP contribution in [0, 0.1) is 0 Å². The Hall–Kier alpha value is 0.181. The van der Waals surface area contributed by atoms with Gasteiger partial charge in [0.25, 0.3) is 0 Å². The van der Waals surface area contributed by atoms with Crippen molar-refractivity contribution in [1.82, 2.24) is 10.2 Å². The molecule has 1 aromatic heterocycles. The average Bonchev–Trinajstić information content (AvgIpc) is 2.48. The first-order valence-electron chi connectivity index (χ1n) is 3.71. The number of nitrogens with one attached hydrogen (secondary N) is 1. The molecule has 0 aliphatic rings. The van der Waals surface area contributed by atoms with Crippen molar-refractivity contribution < 1.29 is 64.3 Å². The number of hydrogen-bond acceptors (Lipinski definition) is 1. The van der Waals surface area contributed by atoms with Crippen molar-refractivity contribution in [3.63, 3.8) is 0 Å². The Morgan fingerprint density at radius 2 is 1.93 bits per heavy atom. The molecule has 0 radical (unpaired) electrons. The van der Waals surface area contributed by atoms with Crippen molar-refractivity contribution in [2.24, 2.45) is 0 Å². The summed E-state index contributed by atoms with van der Waals surface area (Å²) in [6.07, 6.45) is 1.38. The number of halogens is 3. The standard InChI is InChI=1S/C7H5BF3N2.K/c9-8(10,11)6-3-1-2-5-4-12-13-7(5)6;/h1-4H,(H,12,13);/q-1;+1. The number of aromatic amines is 1. The molecule has 1 aromatic carbocycles. The summed E-state index contributed by atoms with van der Waals surface area (Å²) in [5, 5.41) is 6.38. The fourth-order valence-corrected chi connectivity index (χ4v) is 1.26. The molecule has 1 N–H and O–H groups in total. The van der Waals surface area contributed by atoms with Crippen molar-refractivity contribution in [3.05, 3.63) is 24.4 Å². The van der Waals surface area contributed by atoms with Gasteiger partial charge in [0.05, 0.1) is 6.20 Å². The number of aromatic nitrogens is 2. The minimum absolute atomic E-state index is 0. The van der Waals surface area contributed by atoms with Gasteiger partial charge in [-0.05, 0) is 0 Å². The zero-order valence-electron chi connectivity index (χ0n) is 7.47. The first-order chi connectivity index (χ1) is 6.09. The molecule has 0 atom stereocenters. The summed E-state index contributed by atoms with van der Waals surface area (Å²) in [7, 11) is 0. The minimum Gasteiger partial charge on any atom is -0.445 e. The molecule has 2 rings (SSSR count). The van der Waals surface area contributed by atoms with Gasteiger partial charge in [0, 0.05) is 10.9 Å². The van der Waals surface area contributed by atoms with Gasteiger partial charge in [0.15, 0.2) is 0 Å². The summed E-state index contributed by atoms with van der Waals surface area (Å²) in [4.78, 5) is 0. The van der Waals surface area contributed by atoms with E-state index in [1.807, 2.05) is 0 Å². The summed E-state index contributed by atoms with van der Waals surface area (Å²) in [5.74, 6) is 0. The van der Waals surface area contributed by atoms with Crippen molar-refractivity contribution in [3.8, 4) is 0 Å². The molecule has 14 heavy (non-hydrogen) atoms. The van der Waals surface area contributed by atoms with Gasteiger partial charge < -0.3 is 12.9 Å². The third kappa shape index (κ3) is 2.22. The van der Waals surface area contributed by atoms with E-state index in [9.17, 15) is 12.9 Å². The smallest absolute Gasteiger partial charge is 0.445 e. The van der Waals surface area contributed by atoms with Crippen LogP contribution in [0.25, 0.3) is 10.9 Å². The Morgan fingerprint density at radius 3 is 2.57 bits per heavy atom. The molecule has 0 spiro atoms. The predicted molar refractivity (Wildman–Crippen MR) is 44.8 cm³/mol. The van der Waals surface area contributed by atoms with Crippen LogP contribution in [-0.2, 0) is 0 Å². The van der Waals surface area contributed by atoms with Crippen LogP contribution in [0.4, 0.5) is 12.9 Å². The molecule has 0 aliphatic heterocycles. The SMILES string of the molecule is F[B-](F)(F)c1cccc2cn[nH]c12.[K+]. The van der Waals surface area contributed by atoms with Gasteiger partial charge in [-0.15, -0.1) is 0 Å². The Balaban J connectivity index is 0.000000980. The van der Waals surface area contributed by atoms with Crippen LogP contribution in [-0.4, -0.2) is 17.2 Å². The third-order valence-electron chi connectivity index (χ3n) is 1.86. The number of rotatable bonds is 1. The molecule has 0 unspecified atom stereocenters. The molecule has 7 heteroatoms. The molecule has 68 valence electrons. The topological polar surface area (TPSA) is 28.7 Å². The quantitative estimate of drug-likeness (QED) is 0.594. The molecule has 2 nitrogen and oxygen atoms in total. The second-order valence-electron chi connectivity index (χ2n) is 2.76. The Labute approximate surface area is 121 Å². The Morgan fingerprint density at radius 1 is 1.21 bits per heavy atom. The molecule has 0 fully saturated rings. The second-order valence-corrected chi connectivity index (χ2v) is 2.76. The van der Waals surface area contributed by atoms with Gasteiger partial charge in [-0.3, -0.25) is 5.10 Å². The van der Waals surface area contributed by atoms with E-state index in [4.69, 9.17) is 0 Å². The number of para-hydroxylation sites is 1. The molecule has 0 aliphatic carbocycles. The summed E-state index contributed by atoms with van der Waals surface area (Å²) >= 11 is 0. The van der Waals surface area contributed by atoms with Crippen LogP contribution in [0.2, 0.25) is 0 Å². The Kier molecular flexibility index (Phi) is 3.82. The first kappa shape index (κ1) is 12.3. The van der Waals surface area contributed by atoms with Crippen LogP contribution in [0.5, 0.6) is 0 Å². The number of benzene rings is 1. The van der Waals surface area contributed by atoms with Gasteiger partial charge in [-0.2, -0.15) is 5.10 Å². The van der Waals surface area contributed by atoms with Gasteiger partial charge >= 0.3 is 58.4 Å². The van der Waals surface area contributed by atoms with Gasteiger partial charge in [0.1, 0.15) is 0 Å². The van der Waals surface area contributed by atoms with Crippen LogP contribution in [0.15, 0.2) is 24.4 Å². The number of hydrogen-bond donors (Lipinski definition) is 1. The zero-order chi connectivity index (χ0) is 9.47. The molecule has 0 saturated heterocycles. The molecular formula is C7H5BF3KN2. The fourth-order valence-electron chi connectivity index (χ4n) is 1.26. The summed E-state index contributed by atoms with van der Waals surface area (Å²) < 4.78 is 37.2. The van der Waals surface area contributed by atoms with E-state index in [2.05, 4.69) is 10.2 Å². The van der Waals surface area contributed by atoms with E-state index in [-0.39, 0.29) is 56.9 Å². The van der Waals surface area contributed by atoms with Crippen LogP contribution >= 0.6 is 0 Å². The third-order valence-corrected chi connectivity index (χ3v) is 1.86. The number of nitrogens with zero attached hydrogens (tertiary/aromatic N) is 1. The zero-order valence-corrected chi connectivity index (χ0v) is 10.6. The number of fused-ring (bicyclic) bond motifs is 1. The normalized spacial score (nSPS) is 11.4. The maximum atomic E-state index is 12.4. The van der Waals surface area contributed by atoms with Crippen molar-refractivity contribution >= 4 is 23.3 Å². The molecule has 2 aromatic rings. The summed E-state index contributed by atoms with van der Waals surface area (Å²) in [6.45, 7) is -4.96. The summed E-state index contributed by atoms with van der Waals surface area (Å²) in [5.41, 5.74) is -0.551. The van der Waals surface area contributed by atoms with Gasteiger partial charge in [0.2, 0.25) is 0 Å². The maximum Gasteiger partial charge on any atom is 1.00 e. The van der Waals surface area contributed by atoms with Crippen molar-refractivity contribution in [1.29, 1.82) is 0 Å². The minimum atomic E-state index is -4.96. The monoisotopic (exact) mass is 224 g/mol. The van der Waals surface area contributed by atoms with E-state index in [0.717, 1.165) is 6.07 Å². The van der Waals surface area contributed by atoms with Crippen molar-refractivity contribution in [2.75, 3.05) is 0 Å². The molecule has 0 amide bonds. The van der Waals surface area contributed by atoms with Gasteiger partial charge in [-0.25, -0.2) is 0 Å². The first-order valence-corrected chi connectivity index (χ1v) is 3.71. The molecular weight excluding hydrogens is 219 g/mol. The van der Waals surface area contributed by atoms with E-state index < -0.39 is 12.4 Å². The van der Waals surface area contributed by atoms with Gasteiger partial charge in [-0.1, -0.05) is 23.7 Å². The van der Waals surface area contributed by atoms with Crippen molar-refractivity contribution in [2.45, 2.75) is 0 Å². The second kappa shape index (κ2) is 4.36. The van der Waals surface area contributed by atoms with E-state index >= 15 is 0 Å².